The Bertz CT molecular complexity index is 480. The van der Waals surface area contributed by atoms with E-state index in [-0.39, 0.29) is 12.6 Å². The van der Waals surface area contributed by atoms with E-state index < -0.39 is 11.4 Å². The van der Waals surface area contributed by atoms with E-state index in [1.165, 1.54) is 0 Å². The maximum Gasteiger partial charge on any atom is 0.319 e. The molecule has 3 N–H and O–H groups in total. The standard InChI is InChI=1S/C16H22N2O3/c19-14(20)16(10-6-1-2-7-11-16)12-17-15(21)18-13-8-4-3-5-9-13/h3-5,8-9H,1-2,6-7,10-12H2,(H,19,20)(H2,17,18,21). The lowest BCUT2D eigenvalue weighted by molar-refractivity contribution is -0.149. The average molecular weight is 290 g/mol. The fourth-order valence-electron chi connectivity index (χ4n) is 2.82. The van der Waals surface area contributed by atoms with Crippen LogP contribution in [0.1, 0.15) is 38.5 Å². The van der Waals surface area contributed by atoms with Crippen molar-refractivity contribution in [3.63, 3.8) is 0 Å². The van der Waals surface area contributed by atoms with Crippen LogP contribution in [0.15, 0.2) is 30.3 Å². The first-order valence-corrected chi connectivity index (χ1v) is 7.46. The molecule has 1 aromatic carbocycles. The molecular formula is C16H22N2O3. The van der Waals surface area contributed by atoms with E-state index in [2.05, 4.69) is 10.6 Å². The van der Waals surface area contributed by atoms with Gasteiger partial charge in [0.05, 0.1) is 5.41 Å². The van der Waals surface area contributed by atoms with Gasteiger partial charge in [0, 0.05) is 12.2 Å². The van der Waals surface area contributed by atoms with Crippen molar-refractivity contribution in [2.45, 2.75) is 38.5 Å². The molecule has 1 aromatic rings. The summed E-state index contributed by atoms with van der Waals surface area (Å²) in [6.07, 6.45) is 5.24. The summed E-state index contributed by atoms with van der Waals surface area (Å²) in [6.45, 7) is 0.182. The number of carboxylic acids is 1. The predicted octanol–water partition coefficient (Wildman–Crippen LogP) is 3.23. The first kappa shape index (κ1) is 15.4. The SMILES string of the molecule is O=C(NCC1(C(=O)O)CCCCCC1)Nc1ccccc1. The second-order valence-corrected chi connectivity index (χ2v) is 5.67. The van der Waals surface area contributed by atoms with Gasteiger partial charge in [-0.2, -0.15) is 0 Å². The van der Waals surface area contributed by atoms with Crippen LogP contribution in [-0.2, 0) is 4.79 Å². The summed E-state index contributed by atoms with van der Waals surface area (Å²) in [7, 11) is 0. The van der Waals surface area contributed by atoms with Gasteiger partial charge in [-0.15, -0.1) is 0 Å². The van der Waals surface area contributed by atoms with Crippen molar-refractivity contribution in [1.29, 1.82) is 0 Å². The van der Waals surface area contributed by atoms with Gasteiger partial charge in [0.25, 0.3) is 0 Å². The molecule has 0 atom stereocenters. The number of nitrogens with one attached hydrogen (secondary N) is 2. The Morgan fingerprint density at radius 2 is 1.67 bits per heavy atom. The Morgan fingerprint density at radius 3 is 2.24 bits per heavy atom. The number of carbonyl (C=O) groups excluding carboxylic acids is 1. The minimum absolute atomic E-state index is 0.182. The van der Waals surface area contributed by atoms with Gasteiger partial charge in [-0.3, -0.25) is 4.79 Å². The third-order valence-electron chi connectivity index (χ3n) is 4.13. The summed E-state index contributed by atoms with van der Waals surface area (Å²) in [5.74, 6) is -0.801. The molecule has 1 aliphatic rings. The molecule has 0 spiro atoms. The molecular weight excluding hydrogens is 268 g/mol. The van der Waals surface area contributed by atoms with Crippen LogP contribution in [-0.4, -0.2) is 23.7 Å². The third-order valence-corrected chi connectivity index (χ3v) is 4.13. The van der Waals surface area contributed by atoms with Gasteiger partial charge in [-0.1, -0.05) is 43.9 Å². The van der Waals surface area contributed by atoms with Crippen molar-refractivity contribution in [3.05, 3.63) is 30.3 Å². The van der Waals surface area contributed by atoms with Gasteiger partial charge in [0.1, 0.15) is 0 Å². The topological polar surface area (TPSA) is 78.4 Å². The van der Waals surface area contributed by atoms with E-state index >= 15 is 0 Å². The largest absolute Gasteiger partial charge is 0.481 e. The number of hydrogen-bond acceptors (Lipinski definition) is 2. The highest BCUT2D eigenvalue weighted by atomic mass is 16.4. The zero-order chi connectivity index (χ0) is 15.1. The number of aliphatic carboxylic acids is 1. The quantitative estimate of drug-likeness (QED) is 0.745. The average Bonchev–Trinajstić information content (AvgIpc) is 2.73. The van der Waals surface area contributed by atoms with Crippen LogP contribution in [0.3, 0.4) is 0 Å². The highest BCUT2D eigenvalue weighted by molar-refractivity contribution is 5.89. The highest BCUT2D eigenvalue weighted by Gasteiger charge is 2.38. The Morgan fingerprint density at radius 1 is 1.05 bits per heavy atom. The van der Waals surface area contributed by atoms with Crippen LogP contribution in [0, 0.1) is 5.41 Å². The Labute approximate surface area is 124 Å². The summed E-state index contributed by atoms with van der Waals surface area (Å²) >= 11 is 0. The molecule has 0 aromatic heterocycles. The van der Waals surface area contributed by atoms with Crippen molar-refractivity contribution < 1.29 is 14.7 Å². The maximum absolute atomic E-state index is 11.9. The van der Waals surface area contributed by atoms with Crippen LogP contribution in [0.25, 0.3) is 0 Å². The third kappa shape index (κ3) is 4.21. The number of carbonyl (C=O) groups is 2. The first-order valence-electron chi connectivity index (χ1n) is 7.46. The molecule has 1 fully saturated rings. The van der Waals surface area contributed by atoms with Crippen LogP contribution >= 0.6 is 0 Å². The molecule has 0 saturated heterocycles. The smallest absolute Gasteiger partial charge is 0.319 e. The number of urea groups is 1. The van der Waals surface area contributed by atoms with Crippen LogP contribution in [0.4, 0.5) is 10.5 Å². The molecule has 0 unspecified atom stereocenters. The van der Waals surface area contributed by atoms with Gasteiger partial charge in [-0.25, -0.2) is 4.79 Å². The number of para-hydroxylation sites is 1. The van der Waals surface area contributed by atoms with Gasteiger partial charge in [-0.05, 0) is 25.0 Å². The van der Waals surface area contributed by atoms with Crippen LogP contribution in [0.5, 0.6) is 0 Å². The normalized spacial score (nSPS) is 17.5. The van der Waals surface area contributed by atoms with E-state index in [1.54, 1.807) is 12.1 Å². The Hall–Kier alpha value is -2.04. The van der Waals surface area contributed by atoms with E-state index in [1.807, 2.05) is 18.2 Å². The molecule has 0 radical (unpaired) electrons. The number of benzene rings is 1. The molecule has 5 heteroatoms. The number of rotatable bonds is 4. The maximum atomic E-state index is 11.9. The molecule has 114 valence electrons. The summed E-state index contributed by atoms with van der Waals surface area (Å²) in [5, 5.41) is 15.0. The lowest BCUT2D eigenvalue weighted by Gasteiger charge is -2.28. The Kier molecular flexibility index (Phi) is 5.20. The zero-order valence-electron chi connectivity index (χ0n) is 12.1. The van der Waals surface area contributed by atoms with E-state index in [0.717, 1.165) is 25.7 Å². The van der Waals surface area contributed by atoms with Crippen molar-refractivity contribution in [1.82, 2.24) is 5.32 Å². The lowest BCUT2D eigenvalue weighted by Crippen LogP contribution is -2.44. The summed E-state index contributed by atoms with van der Waals surface area (Å²) < 4.78 is 0. The first-order chi connectivity index (χ1) is 10.1. The molecule has 21 heavy (non-hydrogen) atoms. The second kappa shape index (κ2) is 7.11. The van der Waals surface area contributed by atoms with Gasteiger partial charge in [0.2, 0.25) is 0 Å². The molecule has 2 amide bonds. The summed E-state index contributed by atoms with van der Waals surface area (Å²) in [6, 6.07) is 8.76. The molecule has 1 saturated carbocycles. The van der Waals surface area contributed by atoms with Gasteiger partial charge < -0.3 is 15.7 Å². The lowest BCUT2D eigenvalue weighted by atomic mass is 9.80. The number of carboxylic acid groups (broad SMARTS) is 1. The van der Waals surface area contributed by atoms with Crippen molar-refractivity contribution >= 4 is 17.7 Å². The monoisotopic (exact) mass is 290 g/mol. The van der Waals surface area contributed by atoms with Crippen molar-refractivity contribution in [2.24, 2.45) is 5.41 Å². The van der Waals surface area contributed by atoms with Gasteiger partial charge >= 0.3 is 12.0 Å². The van der Waals surface area contributed by atoms with Crippen molar-refractivity contribution in [3.8, 4) is 0 Å². The van der Waals surface area contributed by atoms with Gasteiger partial charge in [0.15, 0.2) is 0 Å². The van der Waals surface area contributed by atoms with E-state index in [4.69, 9.17) is 0 Å². The fourth-order valence-corrected chi connectivity index (χ4v) is 2.82. The summed E-state index contributed by atoms with van der Waals surface area (Å²) in [4.78, 5) is 23.5. The molecule has 5 nitrogen and oxygen atoms in total. The minimum Gasteiger partial charge on any atom is -0.481 e. The fraction of sp³-hybridized carbons (Fsp3) is 0.500. The van der Waals surface area contributed by atoms with E-state index in [9.17, 15) is 14.7 Å². The highest BCUT2D eigenvalue weighted by Crippen LogP contribution is 2.34. The zero-order valence-corrected chi connectivity index (χ0v) is 12.1. The molecule has 0 aliphatic heterocycles. The number of hydrogen-bond donors (Lipinski definition) is 3. The van der Waals surface area contributed by atoms with E-state index in [0.29, 0.717) is 18.5 Å². The molecule has 2 rings (SSSR count). The summed E-state index contributed by atoms with van der Waals surface area (Å²) in [5.41, 5.74) is -0.120. The van der Waals surface area contributed by atoms with Crippen molar-refractivity contribution in [2.75, 3.05) is 11.9 Å². The molecule has 0 bridgehead atoms. The predicted molar refractivity (Wildman–Crippen MR) is 81.2 cm³/mol. The second-order valence-electron chi connectivity index (χ2n) is 5.67. The molecule has 1 aliphatic carbocycles. The van der Waals surface area contributed by atoms with Crippen LogP contribution in [0.2, 0.25) is 0 Å². The number of anilines is 1. The van der Waals surface area contributed by atoms with Crippen LogP contribution < -0.4 is 10.6 Å². The number of amides is 2. The molecule has 0 heterocycles. The Balaban J connectivity index is 1.92. The minimum atomic E-state index is -0.815.